The van der Waals surface area contributed by atoms with Crippen LogP contribution in [0.1, 0.15) is 86.7 Å². The van der Waals surface area contributed by atoms with E-state index in [4.69, 9.17) is 22.8 Å². The fraction of sp³-hybridized carbons (Fsp3) is 0.641. The molecule has 0 aliphatic rings. The van der Waals surface area contributed by atoms with Gasteiger partial charge in [-0.3, -0.25) is 14.5 Å². The minimum atomic E-state index is -2.86. The molecular weight excluding hydrogens is 687 g/mol. The van der Waals surface area contributed by atoms with Crippen LogP contribution in [0.3, 0.4) is 0 Å². The van der Waals surface area contributed by atoms with Gasteiger partial charge in [0.15, 0.2) is 11.6 Å². The van der Waals surface area contributed by atoms with Gasteiger partial charge in [0.1, 0.15) is 11.2 Å². The van der Waals surface area contributed by atoms with Crippen LogP contribution in [0, 0.1) is 0 Å². The van der Waals surface area contributed by atoms with Gasteiger partial charge in [-0.25, -0.2) is 0 Å². The number of carbonyl (C=O) groups excluding carboxylic acids is 2. The highest BCUT2D eigenvalue weighted by atomic mass is 28.4. The van der Waals surface area contributed by atoms with Crippen molar-refractivity contribution in [1.29, 1.82) is 0 Å². The summed E-state index contributed by atoms with van der Waals surface area (Å²) in [4.78, 5) is 26.5. The monoisotopic (exact) mass is 749 g/mol. The van der Waals surface area contributed by atoms with Crippen molar-refractivity contribution in [2.45, 2.75) is 97.2 Å². The Bertz CT molecular complexity index is 1210. The second kappa shape index (κ2) is 22.7. The second-order valence-electron chi connectivity index (χ2n) is 14.0. The van der Waals surface area contributed by atoms with E-state index in [2.05, 4.69) is 0 Å². The molecule has 0 fully saturated rings. The van der Waals surface area contributed by atoms with Crippen molar-refractivity contribution >= 4 is 20.4 Å². The van der Waals surface area contributed by atoms with Gasteiger partial charge >= 0.3 is 8.80 Å². The number of nitrogens with zero attached hydrogens (tertiary/aromatic N) is 1. The predicted molar refractivity (Wildman–Crippen MR) is 202 cm³/mol. The van der Waals surface area contributed by atoms with Crippen LogP contribution in [0.2, 0.25) is 6.04 Å². The number of hydrogen-bond acceptors (Lipinski definition) is 12. The standard InChI is InChI=1S/C39H63NO11Si/c1-8-49-52(50-9-2,51-10-3)25-11-22-40(26-34(41)28-47-23-20-30-12-16-32(17-13-30)36(43)38(4,5)45)27-35(42)29-48-24-21-31-14-18-33(19-15-31)37(44)39(6,7)46/h12-19,34-35,41-42,45-46H,8-11,20-29H2,1-7H3. The molecule has 0 aliphatic carbocycles. The molecule has 12 nitrogen and oxygen atoms in total. The smallest absolute Gasteiger partial charge is 0.389 e. The number of Topliss-reactive ketones (excluding diaryl/α,β-unsaturated/α-hetero) is 2. The van der Waals surface area contributed by atoms with Gasteiger partial charge in [-0.2, -0.15) is 0 Å². The minimum Gasteiger partial charge on any atom is -0.389 e. The highest BCUT2D eigenvalue weighted by Crippen LogP contribution is 2.19. The molecule has 0 aromatic heterocycles. The molecule has 4 N–H and O–H groups in total. The Labute approximate surface area is 311 Å². The van der Waals surface area contributed by atoms with E-state index in [0.717, 1.165) is 11.1 Å². The van der Waals surface area contributed by atoms with Crippen LogP contribution in [0.5, 0.6) is 0 Å². The minimum absolute atomic E-state index is 0.105. The van der Waals surface area contributed by atoms with Gasteiger partial charge in [0, 0.05) is 50.1 Å². The van der Waals surface area contributed by atoms with E-state index in [-0.39, 0.29) is 37.9 Å². The molecule has 2 unspecified atom stereocenters. The van der Waals surface area contributed by atoms with Crippen LogP contribution in [-0.2, 0) is 35.6 Å². The van der Waals surface area contributed by atoms with Gasteiger partial charge in [-0.1, -0.05) is 48.5 Å². The average Bonchev–Trinajstić information content (AvgIpc) is 3.08. The summed E-state index contributed by atoms with van der Waals surface area (Å²) in [5.41, 5.74) is -0.0509. The molecule has 2 atom stereocenters. The lowest BCUT2D eigenvalue weighted by molar-refractivity contribution is -0.00970. The van der Waals surface area contributed by atoms with Crippen LogP contribution in [0.4, 0.5) is 0 Å². The number of hydrogen-bond donors (Lipinski definition) is 4. The number of ether oxygens (including phenoxy) is 2. The summed E-state index contributed by atoms with van der Waals surface area (Å²) in [6.45, 7) is 15.1. The van der Waals surface area contributed by atoms with Crippen molar-refractivity contribution in [3.8, 4) is 0 Å². The maximum atomic E-state index is 12.3. The van der Waals surface area contributed by atoms with Crippen LogP contribution >= 0.6 is 0 Å². The average molecular weight is 750 g/mol. The van der Waals surface area contributed by atoms with Crippen LogP contribution in [-0.4, -0.2) is 135 Å². The Morgan fingerprint density at radius 3 is 1.37 bits per heavy atom. The zero-order valence-electron chi connectivity index (χ0n) is 32.3. The van der Waals surface area contributed by atoms with E-state index in [1.165, 1.54) is 27.7 Å². The summed E-state index contributed by atoms with van der Waals surface area (Å²) in [7, 11) is -2.86. The molecule has 0 aliphatic heterocycles. The molecule has 0 heterocycles. The molecule has 0 spiro atoms. The summed E-state index contributed by atoms with van der Waals surface area (Å²) in [5, 5.41) is 41.8. The van der Waals surface area contributed by atoms with Crippen LogP contribution < -0.4 is 0 Å². The van der Waals surface area contributed by atoms with E-state index in [1.54, 1.807) is 24.3 Å². The van der Waals surface area contributed by atoms with Crippen LogP contribution in [0.15, 0.2) is 48.5 Å². The zero-order chi connectivity index (χ0) is 38.8. The first-order valence-electron chi connectivity index (χ1n) is 18.4. The summed E-state index contributed by atoms with van der Waals surface area (Å²) >= 11 is 0. The van der Waals surface area contributed by atoms with Gasteiger partial charge in [0.25, 0.3) is 0 Å². The Hall–Kier alpha value is -2.40. The number of aliphatic hydroxyl groups excluding tert-OH is 2. The van der Waals surface area contributed by atoms with Crippen molar-refractivity contribution in [3.05, 3.63) is 70.8 Å². The molecular formula is C39H63NO11Si. The Balaban J connectivity index is 1.92. The molecule has 0 saturated carbocycles. The normalized spacial score (nSPS) is 13.8. The molecule has 0 radical (unpaired) electrons. The lowest BCUT2D eigenvalue weighted by Gasteiger charge is -2.31. The number of benzene rings is 2. The summed E-state index contributed by atoms with van der Waals surface area (Å²) < 4.78 is 29.6. The summed E-state index contributed by atoms with van der Waals surface area (Å²) in [6, 6.07) is 14.7. The number of carbonyl (C=O) groups is 2. The fourth-order valence-corrected chi connectivity index (χ4v) is 8.24. The predicted octanol–water partition coefficient (Wildman–Crippen LogP) is 3.87. The lowest BCUT2D eigenvalue weighted by atomic mass is 9.96. The van der Waals surface area contributed by atoms with Crippen molar-refractivity contribution in [2.75, 3.05) is 65.9 Å². The molecule has 2 aromatic rings. The molecule has 2 aromatic carbocycles. The van der Waals surface area contributed by atoms with E-state index in [0.29, 0.717) is 76.0 Å². The lowest BCUT2D eigenvalue weighted by Crippen LogP contribution is -2.47. The molecule has 2 rings (SSSR count). The SMILES string of the molecule is CCO[Si](CCCN(CC(O)COCCc1ccc(C(=O)C(C)(C)O)cc1)CC(O)COCCc1ccc(C(=O)C(C)(C)O)cc1)(OCC)OCC. The van der Waals surface area contributed by atoms with Crippen molar-refractivity contribution in [1.82, 2.24) is 4.90 Å². The topological polar surface area (TPSA) is 164 Å². The first-order chi connectivity index (χ1) is 24.5. The first kappa shape index (κ1) is 45.8. The van der Waals surface area contributed by atoms with E-state index < -0.39 is 32.2 Å². The van der Waals surface area contributed by atoms with Crippen LogP contribution in [0.25, 0.3) is 0 Å². The van der Waals surface area contributed by atoms with Crippen molar-refractivity contribution < 1.29 is 52.8 Å². The van der Waals surface area contributed by atoms with Crippen molar-refractivity contribution in [3.63, 3.8) is 0 Å². The molecule has 13 heteroatoms. The Kier molecular flexibility index (Phi) is 20.0. The Morgan fingerprint density at radius 1 is 0.673 bits per heavy atom. The van der Waals surface area contributed by atoms with E-state index >= 15 is 0 Å². The second-order valence-corrected chi connectivity index (χ2v) is 16.7. The van der Waals surface area contributed by atoms with E-state index in [9.17, 15) is 30.0 Å². The zero-order valence-corrected chi connectivity index (χ0v) is 33.3. The molecule has 0 saturated heterocycles. The molecule has 52 heavy (non-hydrogen) atoms. The quantitative estimate of drug-likeness (QED) is 0.0565. The van der Waals surface area contributed by atoms with Gasteiger partial charge in [0.05, 0.1) is 38.6 Å². The van der Waals surface area contributed by atoms with E-state index in [1.807, 2.05) is 49.9 Å². The third kappa shape index (κ3) is 16.7. The van der Waals surface area contributed by atoms with Gasteiger partial charge < -0.3 is 43.2 Å². The highest BCUT2D eigenvalue weighted by molar-refractivity contribution is 6.60. The fourth-order valence-electron chi connectivity index (χ4n) is 5.65. The highest BCUT2D eigenvalue weighted by Gasteiger charge is 2.40. The maximum absolute atomic E-state index is 12.3. The maximum Gasteiger partial charge on any atom is 0.500 e. The largest absolute Gasteiger partial charge is 0.500 e. The van der Waals surface area contributed by atoms with Crippen molar-refractivity contribution in [2.24, 2.45) is 0 Å². The summed E-state index contributed by atoms with van der Waals surface area (Å²) in [5.74, 6) is -0.683. The Morgan fingerprint density at radius 2 is 1.04 bits per heavy atom. The third-order valence-electron chi connectivity index (χ3n) is 8.22. The summed E-state index contributed by atoms with van der Waals surface area (Å²) in [6.07, 6.45) is 0.236. The van der Waals surface area contributed by atoms with Gasteiger partial charge in [-0.15, -0.1) is 0 Å². The first-order valence-corrected chi connectivity index (χ1v) is 20.3. The van der Waals surface area contributed by atoms with Gasteiger partial charge in [-0.05, 0) is 85.4 Å². The number of rotatable bonds is 28. The number of ketones is 2. The molecule has 0 bridgehead atoms. The third-order valence-corrected chi connectivity index (χ3v) is 11.4. The van der Waals surface area contributed by atoms with Gasteiger partial charge in [0.2, 0.25) is 0 Å². The number of aliphatic hydroxyl groups is 4. The molecule has 0 amide bonds. The molecule has 294 valence electrons.